The van der Waals surface area contributed by atoms with E-state index < -0.39 is 24.4 Å². The SMILES string of the molecule is COc1ccc(C(=O)COC(=O)c2ccccc2NC(=O)NC(C)C)cc1Cl. The van der Waals surface area contributed by atoms with Gasteiger partial charge in [0.05, 0.1) is 23.4 Å². The molecule has 0 spiro atoms. The van der Waals surface area contributed by atoms with Crippen molar-refractivity contribution in [2.75, 3.05) is 19.0 Å². The zero-order valence-corrected chi connectivity index (χ0v) is 16.5. The molecule has 0 aliphatic rings. The number of methoxy groups -OCH3 is 1. The summed E-state index contributed by atoms with van der Waals surface area (Å²) in [6.07, 6.45) is 0. The molecule has 0 saturated heterocycles. The summed E-state index contributed by atoms with van der Waals surface area (Å²) in [6, 6.07) is 10.4. The summed E-state index contributed by atoms with van der Waals surface area (Å²) in [6.45, 7) is 3.17. The Bertz CT molecular complexity index is 883. The minimum Gasteiger partial charge on any atom is -0.495 e. The first kappa shape index (κ1) is 21.2. The number of nitrogens with one attached hydrogen (secondary N) is 2. The molecule has 2 rings (SSSR count). The number of hydrogen-bond acceptors (Lipinski definition) is 5. The van der Waals surface area contributed by atoms with E-state index in [1.165, 1.54) is 25.3 Å². The Hall–Kier alpha value is -3.06. The average Bonchev–Trinajstić information content (AvgIpc) is 2.65. The van der Waals surface area contributed by atoms with Crippen LogP contribution >= 0.6 is 11.6 Å². The van der Waals surface area contributed by atoms with Gasteiger partial charge in [0, 0.05) is 11.6 Å². The summed E-state index contributed by atoms with van der Waals surface area (Å²) in [5, 5.41) is 5.54. The molecule has 2 amide bonds. The number of amides is 2. The maximum atomic E-state index is 12.4. The first-order valence-electron chi connectivity index (χ1n) is 8.52. The lowest BCUT2D eigenvalue weighted by atomic mass is 10.1. The Morgan fingerprint density at radius 3 is 2.46 bits per heavy atom. The molecule has 2 N–H and O–H groups in total. The number of halogens is 1. The molecule has 0 aromatic heterocycles. The van der Waals surface area contributed by atoms with Gasteiger partial charge in [-0.3, -0.25) is 4.79 Å². The molecule has 0 aliphatic carbocycles. The van der Waals surface area contributed by atoms with Crippen LogP contribution in [0.5, 0.6) is 5.75 Å². The van der Waals surface area contributed by atoms with Crippen LogP contribution in [0.3, 0.4) is 0 Å². The molecule has 7 nitrogen and oxygen atoms in total. The van der Waals surface area contributed by atoms with Crippen LogP contribution < -0.4 is 15.4 Å². The molecule has 0 saturated carbocycles. The van der Waals surface area contributed by atoms with Crippen LogP contribution in [0.15, 0.2) is 42.5 Å². The van der Waals surface area contributed by atoms with Gasteiger partial charge in [-0.05, 0) is 44.2 Å². The number of hydrogen-bond donors (Lipinski definition) is 2. The minimum atomic E-state index is -0.728. The van der Waals surface area contributed by atoms with Gasteiger partial charge < -0.3 is 20.1 Å². The highest BCUT2D eigenvalue weighted by molar-refractivity contribution is 6.32. The van der Waals surface area contributed by atoms with Gasteiger partial charge in [0.25, 0.3) is 0 Å². The second-order valence-corrected chi connectivity index (χ2v) is 6.55. The Kier molecular flexibility index (Phi) is 7.40. The van der Waals surface area contributed by atoms with Gasteiger partial charge in [0.15, 0.2) is 12.4 Å². The Morgan fingerprint density at radius 1 is 1.11 bits per heavy atom. The molecule has 148 valence electrons. The van der Waals surface area contributed by atoms with Gasteiger partial charge in [-0.15, -0.1) is 0 Å². The van der Waals surface area contributed by atoms with Crippen molar-refractivity contribution in [3.8, 4) is 5.75 Å². The number of para-hydroxylation sites is 1. The third-order valence-corrected chi connectivity index (χ3v) is 3.92. The monoisotopic (exact) mass is 404 g/mol. The van der Waals surface area contributed by atoms with E-state index in [1.54, 1.807) is 24.3 Å². The van der Waals surface area contributed by atoms with Crippen molar-refractivity contribution in [3.05, 3.63) is 58.6 Å². The number of carbonyl (C=O) groups is 3. The van der Waals surface area contributed by atoms with Gasteiger partial charge in [0.1, 0.15) is 5.75 Å². The van der Waals surface area contributed by atoms with Gasteiger partial charge in [-0.2, -0.15) is 0 Å². The molecule has 0 fully saturated rings. The normalized spacial score (nSPS) is 10.3. The van der Waals surface area contributed by atoms with Crippen molar-refractivity contribution in [1.29, 1.82) is 0 Å². The van der Waals surface area contributed by atoms with Crippen LogP contribution in [0.1, 0.15) is 34.6 Å². The lowest BCUT2D eigenvalue weighted by Crippen LogP contribution is -2.34. The average molecular weight is 405 g/mol. The maximum Gasteiger partial charge on any atom is 0.340 e. The Balaban J connectivity index is 2.04. The third kappa shape index (κ3) is 5.72. The van der Waals surface area contributed by atoms with E-state index in [-0.39, 0.29) is 22.3 Å². The summed E-state index contributed by atoms with van der Waals surface area (Å²) in [4.78, 5) is 36.5. The fourth-order valence-corrected chi connectivity index (χ4v) is 2.58. The van der Waals surface area contributed by atoms with Gasteiger partial charge >= 0.3 is 12.0 Å². The van der Waals surface area contributed by atoms with Gasteiger partial charge in [-0.25, -0.2) is 9.59 Å². The fraction of sp³-hybridized carbons (Fsp3) is 0.250. The summed E-state index contributed by atoms with van der Waals surface area (Å²) in [5.74, 6) is -0.704. The van der Waals surface area contributed by atoms with Crippen molar-refractivity contribution in [2.24, 2.45) is 0 Å². The molecule has 0 heterocycles. The van der Waals surface area contributed by atoms with E-state index >= 15 is 0 Å². The number of ketones is 1. The molecule has 0 aliphatic heterocycles. The van der Waals surface area contributed by atoms with E-state index in [0.717, 1.165) is 0 Å². The first-order valence-corrected chi connectivity index (χ1v) is 8.90. The van der Waals surface area contributed by atoms with Crippen LogP contribution in [-0.2, 0) is 4.74 Å². The lowest BCUT2D eigenvalue weighted by molar-refractivity contribution is 0.0475. The number of ether oxygens (including phenoxy) is 2. The molecule has 2 aromatic rings. The standard InChI is InChI=1S/C20H21ClN2O5/c1-12(2)22-20(26)23-16-7-5-4-6-14(16)19(25)28-11-17(24)13-8-9-18(27-3)15(21)10-13/h4-10,12H,11H2,1-3H3,(H2,22,23,26). The van der Waals surface area contributed by atoms with E-state index in [2.05, 4.69) is 10.6 Å². The van der Waals surface area contributed by atoms with E-state index in [9.17, 15) is 14.4 Å². The highest BCUT2D eigenvalue weighted by Crippen LogP contribution is 2.25. The van der Waals surface area contributed by atoms with Crippen LogP contribution in [0.25, 0.3) is 0 Å². The summed E-state index contributed by atoms with van der Waals surface area (Å²) < 4.78 is 10.1. The van der Waals surface area contributed by atoms with Crippen molar-refractivity contribution in [1.82, 2.24) is 5.32 Å². The number of esters is 1. The highest BCUT2D eigenvalue weighted by atomic mass is 35.5. The van der Waals surface area contributed by atoms with Crippen molar-refractivity contribution < 1.29 is 23.9 Å². The molecule has 8 heteroatoms. The van der Waals surface area contributed by atoms with Gasteiger partial charge in [0.2, 0.25) is 0 Å². The quantitative estimate of drug-likeness (QED) is 0.539. The predicted molar refractivity (Wildman–Crippen MR) is 106 cm³/mol. The smallest absolute Gasteiger partial charge is 0.340 e. The molecule has 0 bridgehead atoms. The maximum absolute atomic E-state index is 12.4. The number of rotatable bonds is 7. The molecular formula is C20H21ClN2O5. The lowest BCUT2D eigenvalue weighted by Gasteiger charge is -2.13. The van der Waals surface area contributed by atoms with Crippen LogP contribution in [-0.4, -0.2) is 37.5 Å². The number of carbonyl (C=O) groups excluding carboxylic acids is 3. The minimum absolute atomic E-state index is 0.0620. The topological polar surface area (TPSA) is 93.7 Å². The first-order chi connectivity index (χ1) is 13.3. The second kappa shape index (κ2) is 9.75. The molecule has 0 atom stereocenters. The highest BCUT2D eigenvalue weighted by Gasteiger charge is 2.17. The third-order valence-electron chi connectivity index (χ3n) is 3.62. The van der Waals surface area contributed by atoms with Crippen molar-refractivity contribution in [2.45, 2.75) is 19.9 Å². The second-order valence-electron chi connectivity index (χ2n) is 6.15. The fourth-order valence-electron chi connectivity index (χ4n) is 2.32. The largest absolute Gasteiger partial charge is 0.495 e. The molecule has 0 unspecified atom stereocenters. The van der Waals surface area contributed by atoms with Crippen molar-refractivity contribution in [3.63, 3.8) is 0 Å². The number of Topliss-reactive ketones (excluding diaryl/α,β-unsaturated/α-hetero) is 1. The number of anilines is 1. The Labute approximate surface area is 168 Å². The van der Waals surface area contributed by atoms with Crippen LogP contribution in [0.2, 0.25) is 5.02 Å². The van der Waals surface area contributed by atoms with E-state index in [0.29, 0.717) is 11.3 Å². The molecule has 2 aromatic carbocycles. The molecule has 28 heavy (non-hydrogen) atoms. The molecule has 0 radical (unpaired) electrons. The zero-order valence-electron chi connectivity index (χ0n) is 15.7. The van der Waals surface area contributed by atoms with Crippen LogP contribution in [0, 0.1) is 0 Å². The predicted octanol–water partition coefficient (Wildman–Crippen LogP) is 3.92. The summed E-state index contributed by atoms with van der Waals surface area (Å²) in [5.41, 5.74) is 0.717. The Morgan fingerprint density at radius 2 is 1.82 bits per heavy atom. The van der Waals surface area contributed by atoms with E-state index in [4.69, 9.17) is 21.1 Å². The summed E-state index contributed by atoms with van der Waals surface area (Å²) >= 11 is 6.01. The van der Waals surface area contributed by atoms with Gasteiger partial charge in [-0.1, -0.05) is 23.7 Å². The summed E-state index contributed by atoms with van der Waals surface area (Å²) in [7, 11) is 1.47. The number of urea groups is 1. The molecular weight excluding hydrogens is 384 g/mol. The van der Waals surface area contributed by atoms with Crippen molar-refractivity contribution >= 4 is 35.1 Å². The number of benzene rings is 2. The zero-order chi connectivity index (χ0) is 20.7. The van der Waals surface area contributed by atoms with E-state index in [1.807, 2.05) is 13.8 Å². The van der Waals surface area contributed by atoms with Crippen LogP contribution in [0.4, 0.5) is 10.5 Å².